The lowest BCUT2D eigenvalue weighted by atomic mass is 9.91. The molecule has 0 spiro atoms. The van der Waals surface area contributed by atoms with E-state index in [-0.39, 0.29) is 12.0 Å². The zero-order chi connectivity index (χ0) is 24.9. The third kappa shape index (κ3) is 5.50. The minimum Gasteiger partial charge on any atom is -0.495 e. The fourth-order valence-corrected chi connectivity index (χ4v) is 5.82. The Morgan fingerprint density at radius 2 is 2.03 bits per heavy atom. The first-order valence-electron chi connectivity index (χ1n) is 13.5. The minimum absolute atomic E-state index is 0.206. The van der Waals surface area contributed by atoms with Gasteiger partial charge in [-0.2, -0.15) is 0 Å². The number of methoxy groups -OCH3 is 1. The van der Waals surface area contributed by atoms with Crippen molar-refractivity contribution >= 4 is 17.7 Å². The number of aryl methyl sites for hydroxylation is 1. The molecule has 1 aromatic heterocycles. The number of oxime groups is 1. The number of fused-ring (bicyclic) bond motifs is 1. The van der Waals surface area contributed by atoms with Crippen molar-refractivity contribution in [1.29, 1.82) is 0 Å². The number of imidazole rings is 1. The van der Waals surface area contributed by atoms with Crippen LogP contribution in [0.5, 0.6) is 5.75 Å². The smallest absolute Gasteiger partial charge is 0.171 e. The molecule has 3 aliphatic rings. The van der Waals surface area contributed by atoms with Gasteiger partial charge in [0.1, 0.15) is 18.1 Å². The van der Waals surface area contributed by atoms with E-state index >= 15 is 0 Å². The number of amidine groups is 1. The number of carbonyl (C=O) groups excluding carboxylic acids is 1. The summed E-state index contributed by atoms with van der Waals surface area (Å²) in [6, 6.07) is 6.43. The van der Waals surface area contributed by atoms with E-state index in [0.717, 1.165) is 67.2 Å². The van der Waals surface area contributed by atoms with Crippen LogP contribution in [-0.4, -0.2) is 52.4 Å². The number of hydrogen-bond donors (Lipinski definition) is 0. The highest BCUT2D eigenvalue weighted by atomic mass is 16.6. The van der Waals surface area contributed by atoms with Gasteiger partial charge in [0.15, 0.2) is 5.84 Å². The number of benzene rings is 1. The van der Waals surface area contributed by atoms with Gasteiger partial charge in [0.05, 0.1) is 30.9 Å². The molecule has 5 rings (SSSR count). The van der Waals surface area contributed by atoms with Crippen LogP contribution < -0.4 is 4.74 Å². The van der Waals surface area contributed by atoms with Crippen LogP contribution in [-0.2, 0) is 9.63 Å². The molecule has 7 heteroatoms. The Kier molecular flexibility index (Phi) is 7.73. The Balaban J connectivity index is 1.29. The molecule has 1 atom stereocenters. The second kappa shape index (κ2) is 11.3. The van der Waals surface area contributed by atoms with Crippen molar-refractivity contribution in [2.75, 3.05) is 20.3 Å². The maximum absolute atomic E-state index is 12.9. The predicted octanol–water partition coefficient (Wildman–Crippen LogP) is 5.70. The summed E-state index contributed by atoms with van der Waals surface area (Å²) in [6.07, 6.45) is 16.6. The summed E-state index contributed by atoms with van der Waals surface area (Å²) in [7, 11) is 1.70. The Morgan fingerprint density at radius 1 is 1.19 bits per heavy atom. The average molecular weight is 491 g/mol. The van der Waals surface area contributed by atoms with Crippen LogP contribution in [0.3, 0.4) is 0 Å². The molecule has 36 heavy (non-hydrogen) atoms. The van der Waals surface area contributed by atoms with Gasteiger partial charge < -0.3 is 19.0 Å². The maximum Gasteiger partial charge on any atom is 0.171 e. The normalized spacial score (nSPS) is 21.9. The standard InChI is InChI=1S/C29H38N4O3/c1-21-18-32(20-30-21)26-13-11-22(17-28(26)35-2)16-24-10-7-15-33-25(19-36-31-29(24)33)12-14-27(34)23-8-5-3-4-6-9-23/h11,13,16-18,20,23,25H,3-10,12,14-15,19H2,1-2H3/b24-16+/t25-/m0/s1. The topological polar surface area (TPSA) is 69.0 Å². The molecule has 192 valence electrons. The van der Waals surface area contributed by atoms with Gasteiger partial charge in [-0.3, -0.25) is 4.79 Å². The summed E-state index contributed by atoms with van der Waals surface area (Å²) in [5.74, 6) is 2.44. The first kappa shape index (κ1) is 24.6. The zero-order valence-corrected chi connectivity index (χ0v) is 21.6. The molecule has 2 aromatic rings. The molecule has 2 fully saturated rings. The van der Waals surface area contributed by atoms with Gasteiger partial charge in [-0.25, -0.2) is 4.98 Å². The molecule has 0 N–H and O–H groups in total. The van der Waals surface area contributed by atoms with Gasteiger partial charge in [-0.15, -0.1) is 0 Å². The molecule has 1 saturated carbocycles. The minimum atomic E-state index is 0.206. The molecule has 0 bridgehead atoms. The molecule has 1 aromatic carbocycles. The molecule has 1 saturated heterocycles. The van der Waals surface area contributed by atoms with Gasteiger partial charge in [0.2, 0.25) is 0 Å². The number of rotatable bonds is 7. The van der Waals surface area contributed by atoms with Crippen LogP contribution in [0, 0.1) is 12.8 Å². The van der Waals surface area contributed by atoms with Gasteiger partial charge in [0.25, 0.3) is 0 Å². The van der Waals surface area contributed by atoms with Crippen molar-refractivity contribution in [3.63, 3.8) is 0 Å². The molecular weight excluding hydrogens is 452 g/mol. The molecule has 0 radical (unpaired) electrons. The number of piperidine rings is 1. The van der Waals surface area contributed by atoms with Crippen LogP contribution in [0.1, 0.15) is 75.5 Å². The van der Waals surface area contributed by atoms with Crippen molar-refractivity contribution in [1.82, 2.24) is 14.5 Å². The first-order valence-corrected chi connectivity index (χ1v) is 13.5. The van der Waals surface area contributed by atoms with Gasteiger partial charge in [-0.05, 0) is 68.4 Å². The van der Waals surface area contributed by atoms with E-state index in [1.165, 1.54) is 31.3 Å². The fourth-order valence-electron chi connectivity index (χ4n) is 5.82. The highest BCUT2D eigenvalue weighted by Gasteiger charge is 2.33. The lowest BCUT2D eigenvalue weighted by Gasteiger charge is -2.40. The van der Waals surface area contributed by atoms with Gasteiger partial charge in [-0.1, -0.05) is 36.9 Å². The van der Waals surface area contributed by atoms with Crippen molar-refractivity contribution < 1.29 is 14.4 Å². The third-order valence-corrected chi connectivity index (χ3v) is 7.83. The van der Waals surface area contributed by atoms with Crippen LogP contribution >= 0.6 is 0 Å². The lowest BCUT2D eigenvalue weighted by Crippen LogP contribution is -2.49. The maximum atomic E-state index is 12.9. The van der Waals surface area contributed by atoms with E-state index in [4.69, 9.17) is 9.57 Å². The van der Waals surface area contributed by atoms with Gasteiger partial charge in [0, 0.05) is 25.1 Å². The zero-order valence-electron chi connectivity index (χ0n) is 21.6. The third-order valence-electron chi connectivity index (χ3n) is 7.83. The largest absolute Gasteiger partial charge is 0.495 e. The van der Waals surface area contributed by atoms with Crippen LogP contribution in [0.4, 0.5) is 0 Å². The molecule has 7 nitrogen and oxygen atoms in total. The second-order valence-corrected chi connectivity index (χ2v) is 10.4. The monoisotopic (exact) mass is 490 g/mol. The molecule has 2 aliphatic heterocycles. The van der Waals surface area contributed by atoms with Crippen LogP contribution in [0.2, 0.25) is 0 Å². The Bertz CT molecular complexity index is 1130. The molecule has 1 aliphatic carbocycles. The van der Waals surface area contributed by atoms with E-state index in [2.05, 4.69) is 39.3 Å². The lowest BCUT2D eigenvalue weighted by molar-refractivity contribution is -0.123. The Labute approximate surface area is 214 Å². The van der Waals surface area contributed by atoms with Crippen molar-refractivity contribution in [3.8, 4) is 11.4 Å². The van der Waals surface area contributed by atoms with Crippen LogP contribution in [0.15, 0.2) is 41.5 Å². The average Bonchev–Trinajstić information content (AvgIpc) is 3.15. The number of ketones is 1. The Hall–Kier alpha value is -3.09. The highest BCUT2D eigenvalue weighted by molar-refractivity contribution is 6.03. The summed E-state index contributed by atoms with van der Waals surface area (Å²) >= 11 is 0. The summed E-state index contributed by atoms with van der Waals surface area (Å²) in [5, 5.41) is 4.46. The second-order valence-electron chi connectivity index (χ2n) is 10.4. The summed E-state index contributed by atoms with van der Waals surface area (Å²) in [6.45, 7) is 3.50. The number of nitrogens with zero attached hydrogens (tertiary/aromatic N) is 4. The fraction of sp³-hybridized carbons (Fsp3) is 0.552. The Morgan fingerprint density at radius 3 is 2.78 bits per heavy atom. The van der Waals surface area contributed by atoms with E-state index in [1.807, 2.05) is 17.7 Å². The number of carbonyl (C=O) groups is 1. The van der Waals surface area contributed by atoms with Crippen LogP contribution in [0.25, 0.3) is 11.8 Å². The van der Waals surface area contributed by atoms with E-state index in [1.54, 1.807) is 13.4 Å². The molecular formula is C29H38N4O3. The van der Waals surface area contributed by atoms with Crippen molar-refractivity contribution in [2.45, 2.75) is 77.2 Å². The molecule has 3 heterocycles. The van der Waals surface area contributed by atoms with E-state index in [0.29, 0.717) is 18.8 Å². The van der Waals surface area contributed by atoms with Crippen molar-refractivity contribution in [3.05, 3.63) is 47.6 Å². The summed E-state index contributed by atoms with van der Waals surface area (Å²) in [5.41, 5.74) is 4.17. The van der Waals surface area contributed by atoms with Gasteiger partial charge >= 0.3 is 0 Å². The van der Waals surface area contributed by atoms with Crippen molar-refractivity contribution in [2.24, 2.45) is 11.1 Å². The van der Waals surface area contributed by atoms with E-state index in [9.17, 15) is 4.79 Å². The first-order chi connectivity index (χ1) is 17.6. The van der Waals surface area contributed by atoms with E-state index < -0.39 is 0 Å². The number of Topliss-reactive ketones (excluding diaryl/α,β-unsaturated/α-hetero) is 1. The molecule has 0 amide bonds. The highest BCUT2D eigenvalue weighted by Crippen LogP contribution is 2.31. The summed E-state index contributed by atoms with van der Waals surface area (Å²) in [4.78, 5) is 25.3. The summed E-state index contributed by atoms with van der Waals surface area (Å²) < 4.78 is 7.68. The number of aromatic nitrogens is 2. The number of hydrogen-bond acceptors (Lipinski definition) is 6. The quantitative estimate of drug-likeness (QED) is 0.466. The SMILES string of the molecule is COc1cc(/C=C2\CCCN3C2=NOC[C@@H]3CCC(=O)C2CCCCCC2)ccc1-n1cnc(C)c1. The predicted molar refractivity (Wildman–Crippen MR) is 141 cm³/mol. The molecule has 0 unspecified atom stereocenters. The number of ether oxygens (including phenoxy) is 1.